The van der Waals surface area contributed by atoms with E-state index in [1.807, 2.05) is 33.8 Å². The maximum atomic E-state index is 11.4. The summed E-state index contributed by atoms with van der Waals surface area (Å²) in [6.45, 7) is 8.53. The predicted octanol–water partition coefficient (Wildman–Crippen LogP) is 1.87. The molecule has 1 amide bonds. The van der Waals surface area contributed by atoms with Crippen LogP contribution in [0, 0.1) is 13.8 Å². The third-order valence-electron chi connectivity index (χ3n) is 3.17. The third-order valence-corrected chi connectivity index (χ3v) is 3.17. The normalized spacial score (nSPS) is 11.0. The Morgan fingerprint density at radius 3 is 2.42 bits per heavy atom. The van der Waals surface area contributed by atoms with Gasteiger partial charge in [-0.05, 0) is 25.0 Å². The maximum absolute atomic E-state index is 11.4. The molecule has 0 radical (unpaired) electrons. The van der Waals surface area contributed by atoms with Gasteiger partial charge in [-0.15, -0.1) is 0 Å². The fraction of sp³-hybridized carbons (Fsp3) is 0.467. The highest BCUT2D eigenvalue weighted by molar-refractivity contribution is 6.32. The summed E-state index contributed by atoms with van der Waals surface area (Å²) >= 11 is 0. The smallest absolute Gasteiger partial charge is 0.396 e. The van der Waals surface area contributed by atoms with Crippen molar-refractivity contribution in [3.8, 4) is 0 Å². The first-order valence-electron chi connectivity index (χ1n) is 6.22. The summed E-state index contributed by atoms with van der Waals surface area (Å²) in [7, 11) is 1.19. The van der Waals surface area contributed by atoms with Gasteiger partial charge in [-0.3, -0.25) is 4.79 Å². The first-order valence-corrected chi connectivity index (χ1v) is 6.22. The Labute approximate surface area is 114 Å². The lowest BCUT2D eigenvalue weighted by atomic mass is 9.81. The Morgan fingerprint density at radius 2 is 1.89 bits per heavy atom. The highest BCUT2D eigenvalue weighted by Gasteiger charge is 2.25. The molecule has 0 unspecified atom stereocenters. The molecule has 1 aromatic rings. The molecular formula is C15H21NO3. The monoisotopic (exact) mass is 263 g/mol. The summed E-state index contributed by atoms with van der Waals surface area (Å²) in [6.07, 6.45) is 0. The molecule has 19 heavy (non-hydrogen) atoms. The molecular weight excluding hydrogens is 242 g/mol. The number of amides is 1. The molecule has 0 aromatic heterocycles. The van der Waals surface area contributed by atoms with Gasteiger partial charge in [-0.1, -0.05) is 37.6 Å². The average molecular weight is 263 g/mol. The predicted molar refractivity (Wildman–Crippen MR) is 74.0 cm³/mol. The number of rotatable bonds is 3. The van der Waals surface area contributed by atoms with Crippen molar-refractivity contribution in [3.05, 3.63) is 34.9 Å². The minimum absolute atomic E-state index is 0.249. The second kappa shape index (κ2) is 5.87. The molecule has 1 aromatic carbocycles. The summed E-state index contributed by atoms with van der Waals surface area (Å²) < 4.78 is 4.37. The van der Waals surface area contributed by atoms with Crippen LogP contribution in [0.3, 0.4) is 0 Å². The molecule has 4 nitrogen and oxygen atoms in total. The quantitative estimate of drug-likeness (QED) is 0.669. The van der Waals surface area contributed by atoms with Crippen LogP contribution in [0.4, 0.5) is 0 Å². The van der Waals surface area contributed by atoms with Gasteiger partial charge < -0.3 is 10.1 Å². The van der Waals surface area contributed by atoms with E-state index >= 15 is 0 Å². The Kier molecular flexibility index (Phi) is 4.70. The number of nitrogens with one attached hydrogen (secondary N) is 1. The first-order chi connectivity index (χ1) is 8.77. The molecule has 0 aliphatic rings. The number of aryl methyl sites for hydroxylation is 2. The number of hydrogen-bond acceptors (Lipinski definition) is 3. The number of carbonyl (C=O) groups is 2. The van der Waals surface area contributed by atoms with Crippen LogP contribution in [0.15, 0.2) is 18.2 Å². The van der Waals surface area contributed by atoms with E-state index in [0.29, 0.717) is 6.54 Å². The number of benzene rings is 1. The largest absolute Gasteiger partial charge is 0.462 e. The average Bonchev–Trinajstić information content (AvgIpc) is 2.34. The van der Waals surface area contributed by atoms with E-state index in [1.54, 1.807) is 0 Å². The molecule has 104 valence electrons. The molecule has 0 fully saturated rings. The van der Waals surface area contributed by atoms with E-state index in [1.165, 1.54) is 18.2 Å². The number of hydrogen-bond donors (Lipinski definition) is 1. The van der Waals surface area contributed by atoms with Gasteiger partial charge in [0, 0.05) is 12.0 Å². The minimum Gasteiger partial charge on any atom is -0.462 e. The van der Waals surface area contributed by atoms with E-state index in [2.05, 4.69) is 22.2 Å². The molecule has 4 heteroatoms. The van der Waals surface area contributed by atoms with Crippen molar-refractivity contribution in [2.24, 2.45) is 0 Å². The summed E-state index contributed by atoms with van der Waals surface area (Å²) in [5.41, 5.74) is 3.29. The molecule has 0 atom stereocenters. The van der Waals surface area contributed by atoms with Crippen LogP contribution in [0.25, 0.3) is 0 Å². The van der Waals surface area contributed by atoms with Crippen molar-refractivity contribution in [2.75, 3.05) is 13.7 Å². The van der Waals surface area contributed by atoms with Gasteiger partial charge in [0.15, 0.2) is 0 Å². The van der Waals surface area contributed by atoms with E-state index in [9.17, 15) is 9.59 Å². The van der Waals surface area contributed by atoms with Crippen molar-refractivity contribution in [2.45, 2.75) is 33.1 Å². The van der Waals surface area contributed by atoms with E-state index in [0.717, 1.165) is 5.56 Å². The van der Waals surface area contributed by atoms with Gasteiger partial charge in [0.2, 0.25) is 0 Å². The molecule has 0 bridgehead atoms. The molecule has 1 N–H and O–H groups in total. The topological polar surface area (TPSA) is 55.4 Å². The van der Waals surface area contributed by atoms with Crippen molar-refractivity contribution >= 4 is 11.9 Å². The van der Waals surface area contributed by atoms with Crippen LogP contribution < -0.4 is 5.32 Å². The van der Waals surface area contributed by atoms with Gasteiger partial charge in [0.05, 0.1) is 7.11 Å². The molecule has 0 aliphatic carbocycles. The molecule has 0 spiro atoms. The van der Waals surface area contributed by atoms with Gasteiger partial charge in [-0.2, -0.15) is 0 Å². The zero-order valence-corrected chi connectivity index (χ0v) is 12.2. The van der Waals surface area contributed by atoms with E-state index < -0.39 is 11.9 Å². The molecule has 0 saturated heterocycles. The van der Waals surface area contributed by atoms with E-state index in [4.69, 9.17) is 0 Å². The maximum Gasteiger partial charge on any atom is 0.396 e. The van der Waals surface area contributed by atoms with Gasteiger partial charge >= 0.3 is 11.9 Å². The van der Waals surface area contributed by atoms with E-state index in [-0.39, 0.29) is 5.41 Å². The summed E-state index contributed by atoms with van der Waals surface area (Å²) in [6, 6.07) is 6.22. The summed E-state index contributed by atoms with van der Waals surface area (Å²) in [5, 5.41) is 2.60. The van der Waals surface area contributed by atoms with Crippen LogP contribution in [0.2, 0.25) is 0 Å². The highest BCUT2D eigenvalue weighted by Crippen LogP contribution is 2.26. The lowest BCUT2D eigenvalue weighted by Crippen LogP contribution is -2.40. The van der Waals surface area contributed by atoms with Crippen LogP contribution in [0.1, 0.15) is 30.5 Å². The Bertz CT molecular complexity index is 492. The second-order valence-electron chi connectivity index (χ2n) is 5.38. The zero-order chi connectivity index (χ0) is 14.6. The number of esters is 1. The third kappa shape index (κ3) is 3.81. The lowest BCUT2D eigenvalue weighted by Gasteiger charge is -2.27. The van der Waals surface area contributed by atoms with Gasteiger partial charge in [0.25, 0.3) is 0 Å². The van der Waals surface area contributed by atoms with Crippen LogP contribution >= 0.6 is 0 Å². The minimum atomic E-state index is -0.864. The van der Waals surface area contributed by atoms with Crippen molar-refractivity contribution in [1.82, 2.24) is 5.32 Å². The lowest BCUT2D eigenvalue weighted by molar-refractivity contribution is -0.152. The van der Waals surface area contributed by atoms with Gasteiger partial charge in [-0.25, -0.2) is 4.79 Å². The fourth-order valence-electron chi connectivity index (χ4n) is 2.13. The SMILES string of the molecule is COC(=O)C(=O)NCC(C)(C)c1ccc(C)cc1C. The molecule has 0 heterocycles. The van der Waals surface area contributed by atoms with Crippen LogP contribution in [0.5, 0.6) is 0 Å². The van der Waals surface area contributed by atoms with Gasteiger partial charge in [0.1, 0.15) is 0 Å². The molecule has 0 saturated carbocycles. The molecule has 0 aliphatic heterocycles. The number of ether oxygens (including phenoxy) is 1. The Balaban J connectivity index is 2.81. The van der Waals surface area contributed by atoms with Crippen molar-refractivity contribution in [3.63, 3.8) is 0 Å². The number of carbonyl (C=O) groups excluding carboxylic acids is 2. The van der Waals surface area contributed by atoms with Crippen molar-refractivity contribution < 1.29 is 14.3 Å². The molecule has 1 rings (SSSR count). The Hall–Kier alpha value is -1.84. The standard InChI is InChI=1S/C15H21NO3/c1-10-6-7-12(11(2)8-10)15(3,4)9-16-13(17)14(18)19-5/h6-8H,9H2,1-5H3,(H,16,17). The summed E-state index contributed by atoms with van der Waals surface area (Å²) in [5.74, 6) is -1.57. The van der Waals surface area contributed by atoms with Crippen molar-refractivity contribution in [1.29, 1.82) is 0 Å². The second-order valence-corrected chi connectivity index (χ2v) is 5.38. The number of methoxy groups -OCH3 is 1. The first kappa shape index (κ1) is 15.2. The van der Waals surface area contributed by atoms with Crippen LogP contribution in [-0.2, 0) is 19.7 Å². The Morgan fingerprint density at radius 1 is 1.26 bits per heavy atom. The fourth-order valence-corrected chi connectivity index (χ4v) is 2.13. The highest BCUT2D eigenvalue weighted by atomic mass is 16.5. The zero-order valence-electron chi connectivity index (χ0n) is 12.2. The van der Waals surface area contributed by atoms with Crippen LogP contribution in [-0.4, -0.2) is 25.5 Å². The summed E-state index contributed by atoms with van der Waals surface area (Å²) in [4.78, 5) is 22.4.